The number of halogens is 1. The van der Waals surface area contributed by atoms with Gasteiger partial charge < -0.3 is 9.47 Å². The zero-order valence-corrected chi connectivity index (χ0v) is 18.8. The van der Waals surface area contributed by atoms with Crippen LogP contribution in [0.4, 0.5) is 4.39 Å². The first-order valence-corrected chi connectivity index (χ1v) is 11.3. The van der Waals surface area contributed by atoms with Crippen LogP contribution in [0.2, 0.25) is 0 Å². The van der Waals surface area contributed by atoms with E-state index in [0.717, 1.165) is 16.8 Å². The molecule has 0 N–H and O–H groups in total. The third kappa shape index (κ3) is 4.03. The molecular weight excluding hydrogens is 433 g/mol. The SMILES string of the molecule is CCn1cc(C(=O)N2CCc3c(cc(-c4ccccc4F)c(=O)n3Cc3ccncc3)C2)cn1. The molecule has 172 valence electrons. The van der Waals surface area contributed by atoms with E-state index in [4.69, 9.17) is 0 Å². The number of benzene rings is 1. The van der Waals surface area contributed by atoms with E-state index in [1.807, 2.05) is 19.1 Å². The number of hydrogen-bond acceptors (Lipinski definition) is 4. The summed E-state index contributed by atoms with van der Waals surface area (Å²) in [7, 11) is 0. The number of fused-ring (bicyclic) bond motifs is 1. The van der Waals surface area contributed by atoms with Crippen LogP contribution in [0.25, 0.3) is 11.1 Å². The molecule has 3 aromatic heterocycles. The molecule has 1 aromatic carbocycles. The summed E-state index contributed by atoms with van der Waals surface area (Å²) in [5.74, 6) is -0.560. The lowest BCUT2D eigenvalue weighted by Gasteiger charge is -2.31. The molecular formula is C26H24FN5O2. The van der Waals surface area contributed by atoms with E-state index in [2.05, 4.69) is 10.1 Å². The van der Waals surface area contributed by atoms with Crippen LogP contribution in [0.1, 0.15) is 34.1 Å². The van der Waals surface area contributed by atoms with Crippen molar-refractivity contribution in [2.75, 3.05) is 6.54 Å². The van der Waals surface area contributed by atoms with Gasteiger partial charge in [0.25, 0.3) is 11.5 Å². The van der Waals surface area contributed by atoms with Crippen LogP contribution in [0.3, 0.4) is 0 Å². The van der Waals surface area contributed by atoms with Crippen LogP contribution in [-0.2, 0) is 26.1 Å². The van der Waals surface area contributed by atoms with E-state index >= 15 is 0 Å². The second-order valence-electron chi connectivity index (χ2n) is 8.32. The zero-order chi connectivity index (χ0) is 23.7. The van der Waals surface area contributed by atoms with Gasteiger partial charge in [-0.2, -0.15) is 5.10 Å². The first-order valence-electron chi connectivity index (χ1n) is 11.3. The van der Waals surface area contributed by atoms with E-state index in [1.165, 1.54) is 6.07 Å². The van der Waals surface area contributed by atoms with E-state index in [1.54, 1.807) is 63.2 Å². The van der Waals surface area contributed by atoms with Crippen LogP contribution < -0.4 is 5.56 Å². The Bertz CT molecular complexity index is 1410. The van der Waals surface area contributed by atoms with Gasteiger partial charge in [0.15, 0.2) is 0 Å². The Labute approximate surface area is 196 Å². The van der Waals surface area contributed by atoms with Gasteiger partial charge in [0, 0.05) is 55.9 Å². The quantitative estimate of drug-likeness (QED) is 0.460. The van der Waals surface area contributed by atoms with E-state index in [9.17, 15) is 14.0 Å². The van der Waals surface area contributed by atoms with Crippen LogP contribution in [-0.4, -0.2) is 36.7 Å². The fourth-order valence-corrected chi connectivity index (χ4v) is 4.43. The highest BCUT2D eigenvalue weighted by Gasteiger charge is 2.27. The monoisotopic (exact) mass is 457 g/mol. The standard InChI is InChI=1S/C26H24FN5O2/c1-2-31-17-20(14-29-31)25(33)30-12-9-24-19(16-30)13-22(21-5-3-4-6-23(21)27)26(34)32(24)15-18-7-10-28-11-8-18/h3-8,10-11,13-14,17H,2,9,12,15-16H2,1H3. The van der Waals surface area contributed by atoms with Crippen molar-refractivity contribution >= 4 is 5.91 Å². The van der Waals surface area contributed by atoms with Gasteiger partial charge in [0.2, 0.25) is 0 Å². The first kappa shape index (κ1) is 21.8. The molecule has 1 aliphatic rings. The van der Waals surface area contributed by atoms with Crippen LogP contribution in [0.5, 0.6) is 0 Å². The summed E-state index contributed by atoms with van der Waals surface area (Å²) >= 11 is 0. The Balaban J connectivity index is 1.58. The summed E-state index contributed by atoms with van der Waals surface area (Å²) in [5.41, 5.74) is 3.47. The normalized spacial score (nSPS) is 13.1. The minimum absolute atomic E-state index is 0.107. The van der Waals surface area contributed by atoms with E-state index in [-0.39, 0.29) is 17.0 Å². The van der Waals surface area contributed by atoms with Crippen molar-refractivity contribution in [3.63, 3.8) is 0 Å². The molecule has 4 heterocycles. The van der Waals surface area contributed by atoms with E-state index < -0.39 is 5.82 Å². The molecule has 0 unspecified atom stereocenters. The predicted octanol–water partition coefficient (Wildman–Crippen LogP) is 3.51. The molecule has 1 aliphatic heterocycles. The summed E-state index contributed by atoms with van der Waals surface area (Å²) < 4.78 is 18.1. The third-order valence-electron chi connectivity index (χ3n) is 6.22. The Hall–Kier alpha value is -4.07. The number of aryl methyl sites for hydroxylation is 1. The van der Waals surface area contributed by atoms with Gasteiger partial charge in [-0.1, -0.05) is 18.2 Å². The van der Waals surface area contributed by atoms with Gasteiger partial charge in [0.1, 0.15) is 5.82 Å². The molecule has 0 fully saturated rings. The van der Waals surface area contributed by atoms with Crippen LogP contribution in [0, 0.1) is 5.82 Å². The first-order chi connectivity index (χ1) is 16.5. The van der Waals surface area contributed by atoms with Gasteiger partial charge in [0.05, 0.1) is 23.9 Å². The molecule has 8 heteroatoms. The smallest absolute Gasteiger partial charge is 0.259 e. The summed E-state index contributed by atoms with van der Waals surface area (Å²) in [5, 5.41) is 4.21. The fourth-order valence-electron chi connectivity index (χ4n) is 4.43. The molecule has 0 aliphatic carbocycles. The van der Waals surface area contributed by atoms with Crippen LogP contribution >= 0.6 is 0 Å². The molecule has 4 aromatic rings. The lowest BCUT2D eigenvalue weighted by atomic mass is 9.98. The summed E-state index contributed by atoms with van der Waals surface area (Å²) in [6, 6.07) is 11.7. The minimum Gasteiger partial charge on any atom is -0.334 e. The summed E-state index contributed by atoms with van der Waals surface area (Å²) in [4.78, 5) is 32.5. The van der Waals surface area contributed by atoms with Crippen LogP contribution in [0.15, 0.2) is 72.0 Å². The maximum atomic E-state index is 14.7. The second-order valence-corrected chi connectivity index (χ2v) is 8.32. The van der Waals surface area contributed by atoms with Crippen molar-refractivity contribution in [1.82, 2.24) is 24.2 Å². The lowest BCUT2D eigenvalue weighted by molar-refractivity contribution is 0.0732. The van der Waals surface area contributed by atoms with Crippen molar-refractivity contribution in [2.24, 2.45) is 0 Å². The maximum Gasteiger partial charge on any atom is 0.259 e. The van der Waals surface area contributed by atoms with Crippen molar-refractivity contribution in [2.45, 2.75) is 33.0 Å². The average molecular weight is 458 g/mol. The minimum atomic E-state index is -0.453. The van der Waals surface area contributed by atoms with Crippen molar-refractivity contribution in [3.05, 3.63) is 106 Å². The van der Waals surface area contributed by atoms with Gasteiger partial charge in [-0.25, -0.2) is 4.39 Å². The lowest BCUT2D eigenvalue weighted by Crippen LogP contribution is -2.39. The van der Waals surface area contributed by atoms with Crippen molar-refractivity contribution < 1.29 is 9.18 Å². The molecule has 1 amide bonds. The fraction of sp³-hybridized carbons (Fsp3) is 0.231. The second kappa shape index (κ2) is 9.05. The molecule has 0 bridgehead atoms. The number of carbonyl (C=O) groups is 1. The zero-order valence-electron chi connectivity index (χ0n) is 18.8. The number of carbonyl (C=O) groups excluding carboxylic acids is 1. The summed E-state index contributed by atoms with van der Waals surface area (Å²) in [6.07, 6.45) is 7.22. The van der Waals surface area contributed by atoms with Gasteiger partial charge in [-0.05, 0) is 42.3 Å². The number of nitrogens with zero attached hydrogens (tertiary/aromatic N) is 5. The number of amides is 1. The molecule has 0 atom stereocenters. The summed E-state index contributed by atoms with van der Waals surface area (Å²) in [6.45, 7) is 3.82. The largest absolute Gasteiger partial charge is 0.334 e. The highest BCUT2D eigenvalue weighted by Crippen LogP contribution is 2.26. The average Bonchev–Trinajstić information content (AvgIpc) is 3.35. The number of aromatic nitrogens is 4. The Morgan fingerprint density at radius 1 is 1.12 bits per heavy atom. The number of pyridine rings is 2. The van der Waals surface area contributed by atoms with Crippen molar-refractivity contribution in [3.8, 4) is 11.1 Å². The highest BCUT2D eigenvalue weighted by atomic mass is 19.1. The topological polar surface area (TPSA) is 73.0 Å². The predicted molar refractivity (Wildman–Crippen MR) is 126 cm³/mol. The molecule has 34 heavy (non-hydrogen) atoms. The van der Waals surface area contributed by atoms with Gasteiger partial charge >= 0.3 is 0 Å². The Kier molecular flexibility index (Phi) is 5.79. The molecule has 0 saturated carbocycles. The Morgan fingerprint density at radius 2 is 1.91 bits per heavy atom. The third-order valence-corrected chi connectivity index (χ3v) is 6.22. The van der Waals surface area contributed by atoms with E-state index in [0.29, 0.717) is 43.7 Å². The molecule has 0 spiro atoms. The maximum absolute atomic E-state index is 14.7. The van der Waals surface area contributed by atoms with Gasteiger partial charge in [-0.3, -0.25) is 19.3 Å². The van der Waals surface area contributed by atoms with Gasteiger partial charge in [-0.15, -0.1) is 0 Å². The van der Waals surface area contributed by atoms with Crippen molar-refractivity contribution in [1.29, 1.82) is 0 Å². The number of hydrogen-bond donors (Lipinski definition) is 0. The molecule has 0 radical (unpaired) electrons. The Morgan fingerprint density at radius 3 is 2.65 bits per heavy atom. The highest BCUT2D eigenvalue weighted by molar-refractivity contribution is 5.93. The molecule has 5 rings (SSSR count). The number of rotatable bonds is 5. The molecule has 7 nitrogen and oxygen atoms in total. The molecule has 0 saturated heterocycles.